The Morgan fingerprint density at radius 2 is 2.12 bits per heavy atom. The van der Waals surface area contributed by atoms with Gasteiger partial charge in [-0.15, -0.1) is 0 Å². The number of hydrogen-bond donors (Lipinski definition) is 2. The molecule has 0 bridgehead atoms. The first-order valence-corrected chi connectivity index (χ1v) is 5.54. The van der Waals surface area contributed by atoms with Gasteiger partial charge in [-0.1, -0.05) is 0 Å². The number of amides is 1. The molecule has 0 radical (unpaired) electrons. The Kier molecular flexibility index (Phi) is 2.96. The lowest BCUT2D eigenvalue weighted by atomic mass is 10.0. The van der Waals surface area contributed by atoms with E-state index in [0.717, 1.165) is 25.1 Å². The van der Waals surface area contributed by atoms with Gasteiger partial charge in [0.05, 0.1) is 0 Å². The van der Waals surface area contributed by atoms with Crippen molar-refractivity contribution in [3.05, 3.63) is 11.1 Å². The van der Waals surface area contributed by atoms with Gasteiger partial charge in [0.25, 0.3) is 0 Å². The highest BCUT2D eigenvalue weighted by molar-refractivity contribution is 5.96. The summed E-state index contributed by atoms with van der Waals surface area (Å²) in [5.74, 6) is -1.00. The predicted octanol–water partition coefficient (Wildman–Crippen LogP) is -0.0183. The number of carbonyl (C=O) groups excluding carboxylic acids is 1. The first kappa shape index (κ1) is 11.1. The summed E-state index contributed by atoms with van der Waals surface area (Å²) < 4.78 is 0. The molecule has 2 aliphatic rings. The molecule has 2 heterocycles. The molecule has 0 saturated carbocycles. The third kappa shape index (κ3) is 1.82. The van der Waals surface area contributed by atoms with Crippen molar-refractivity contribution >= 4 is 11.9 Å². The van der Waals surface area contributed by atoms with Gasteiger partial charge in [0.1, 0.15) is 6.04 Å². The van der Waals surface area contributed by atoms with Gasteiger partial charge in [-0.25, -0.2) is 4.79 Å². The van der Waals surface area contributed by atoms with Gasteiger partial charge < -0.3 is 15.3 Å². The molecule has 2 N–H and O–H groups in total. The molecule has 0 aromatic heterocycles. The second-order valence-corrected chi connectivity index (χ2v) is 4.33. The van der Waals surface area contributed by atoms with Gasteiger partial charge in [-0.2, -0.15) is 0 Å². The van der Waals surface area contributed by atoms with Crippen LogP contribution in [-0.2, 0) is 9.59 Å². The number of nitrogens with one attached hydrogen (secondary N) is 1. The minimum absolute atomic E-state index is 0.110. The maximum Gasteiger partial charge on any atom is 0.326 e. The SMILES string of the molecule is CC(C(=O)N1CCC[C@@H]1C(=O)O)=C1CNC1. The number of likely N-dealkylation sites (tertiary alicyclic amines) is 1. The number of hydrogen-bond acceptors (Lipinski definition) is 3. The van der Waals surface area contributed by atoms with E-state index in [1.54, 1.807) is 6.92 Å². The van der Waals surface area contributed by atoms with E-state index in [1.165, 1.54) is 4.90 Å². The van der Waals surface area contributed by atoms with E-state index in [0.29, 0.717) is 18.5 Å². The fourth-order valence-corrected chi connectivity index (χ4v) is 2.15. The van der Waals surface area contributed by atoms with Crippen molar-refractivity contribution in [2.75, 3.05) is 19.6 Å². The molecule has 88 valence electrons. The molecule has 0 aromatic carbocycles. The standard InChI is InChI=1S/C11H16N2O3/c1-7(8-5-12-6-8)10(14)13-4-2-3-9(13)11(15)16/h9,12H,2-6H2,1H3,(H,15,16)/t9-/m1/s1. The van der Waals surface area contributed by atoms with Gasteiger partial charge in [-0.05, 0) is 25.3 Å². The Bertz CT molecular complexity index is 356. The lowest BCUT2D eigenvalue weighted by Gasteiger charge is -2.26. The van der Waals surface area contributed by atoms with Crippen LogP contribution in [0.4, 0.5) is 0 Å². The Morgan fingerprint density at radius 3 is 2.62 bits per heavy atom. The zero-order valence-electron chi connectivity index (χ0n) is 9.32. The van der Waals surface area contributed by atoms with E-state index in [2.05, 4.69) is 5.32 Å². The van der Waals surface area contributed by atoms with Gasteiger partial charge in [-0.3, -0.25) is 4.79 Å². The lowest BCUT2D eigenvalue weighted by Crippen LogP contribution is -2.43. The van der Waals surface area contributed by atoms with E-state index in [-0.39, 0.29) is 5.91 Å². The molecular weight excluding hydrogens is 208 g/mol. The van der Waals surface area contributed by atoms with Crippen LogP contribution in [0.25, 0.3) is 0 Å². The molecule has 5 nitrogen and oxygen atoms in total. The lowest BCUT2D eigenvalue weighted by molar-refractivity contribution is -0.146. The number of carbonyl (C=O) groups is 2. The summed E-state index contributed by atoms with van der Waals surface area (Å²) in [6.45, 7) is 3.86. The van der Waals surface area contributed by atoms with E-state index in [4.69, 9.17) is 5.11 Å². The molecular formula is C11H16N2O3. The highest BCUT2D eigenvalue weighted by atomic mass is 16.4. The number of aliphatic carboxylic acids is 1. The minimum atomic E-state index is -0.893. The van der Waals surface area contributed by atoms with Crippen LogP contribution >= 0.6 is 0 Å². The average molecular weight is 224 g/mol. The fourth-order valence-electron chi connectivity index (χ4n) is 2.15. The van der Waals surface area contributed by atoms with E-state index >= 15 is 0 Å². The van der Waals surface area contributed by atoms with Crippen molar-refractivity contribution in [2.24, 2.45) is 0 Å². The number of rotatable bonds is 2. The van der Waals surface area contributed by atoms with Crippen LogP contribution in [0.5, 0.6) is 0 Å². The summed E-state index contributed by atoms with van der Waals surface area (Å²) in [5.41, 5.74) is 1.81. The summed E-state index contributed by atoms with van der Waals surface area (Å²) in [6, 6.07) is -0.629. The molecule has 2 rings (SSSR count). The van der Waals surface area contributed by atoms with Gasteiger partial charge in [0, 0.05) is 25.2 Å². The summed E-state index contributed by atoms with van der Waals surface area (Å²) in [4.78, 5) is 24.5. The summed E-state index contributed by atoms with van der Waals surface area (Å²) >= 11 is 0. The monoisotopic (exact) mass is 224 g/mol. The summed E-state index contributed by atoms with van der Waals surface area (Å²) in [6.07, 6.45) is 1.35. The molecule has 0 unspecified atom stereocenters. The van der Waals surface area contributed by atoms with Gasteiger partial charge in [0.2, 0.25) is 5.91 Å². The molecule has 0 aliphatic carbocycles. The van der Waals surface area contributed by atoms with Crippen LogP contribution < -0.4 is 5.32 Å². The summed E-state index contributed by atoms with van der Waals surface area (Å²) in [5, 5.41) is 12.1. The van der Waals surface area contributed by atoms with E-state index in [9.17, 15) is 9.59 Å². The van der Waals surface area contributed by atoms with E-state index in [1.807, 2.05) is 0 Å². The van der Waals surface area contributed by atoms with Crippen LogP contribution in [0.2, 0.25) is 0 Å². The average Bonchev–Trinajstić information content (AvgIpc) is 2.61. The Morgan fingerprint density at radius 1 is 1.44 bits per heavy atom. The first-order valence-electron chi connectivity index (χ1n) is 5.54. The van der Waals surface area contributed by atoms with Crippen molar-refractivity contribution in [3.63, 3.8) is 0 Å². The molecule has 5 heteroatoms. The van der Waals surface area contributed by atoms with E-state index < -0.39 is 12.0 Å². The molecule has 0 spiro atoms. The number of carboxylic acids is 1. The van der Waals surface area contributed by atoms with Crippen molar-refractivity contribution in [1.82, 2.24) is 10.2 Å². The smallest absolute Gasteiger partial charge is 0.326 e. The van der Waals surface area contributed by atoms with Gasteiger partial charge in [0.15, 0.2) is 0 Å². The Hall–Kier alpha value is -1.36. The minimum Gasteiger partial charge on any atom is -0.480 e. The topological polar surface area (TPSA) is 69.6 Å². The quantitative estimate of drug-likeness (QED) is 0.647. The molecule has 1 atom stereocenters. The normalized spacial score (nSPS) is 24.2. The molecule has 0 aromatic rings. The molecule has 2 saturated heterocycles. The van der Waals surface area contributed by atoms with Gasteiger partial charge >= 0.3 is 5.97 Å². The molecule has 2 aliphatic heterocycles. The van der Waals surface area contributed by atoms with Crippen LogP contribution in [-0.4, -0.2) is 47.6 Å². The van der Waals surface area contributed by atoms with Crippen LogP contribution in [0.15, 0.2) is 11.1 Å². The van der Waals surface area contributed by atoms with Crippen molar-refractivity contribution in [2.45, 2.75) is 25.8 Å². The zero-order chi connectivity index (χ0) is 11.7. The second kappa shape index (κ2) is 4.25. The Labute approximate surface area is 94.1 Å². The second-order valence-electron chi connectivity index (χ2n) is 4.33. The van der Waals surface area contributed by atoms with Crippen LogP contribution in [0.3, 0.4) is 0 Å². The first-order chi connectivity index (χ1) is 7.61. The summed E-state index contributed by atoms with van der Waals surface area (Å²) in [7, 11) is 0. The fraction of sp³-hybridized carbons (Fsp3) is 0.636. The molecule has 1 amide bonds. The molecule has 16 heavy (non-hydrogen) atoms. The largest absolute Gasteiger partial charge is 0.480 e. The zero-order valence-corrected chi connectivity index (χ0v) is 9.32. The maximum atomic E-state index is 12.1. The van der Waals surface area contributed by atoms with Crippen molar-refractivity contribution < 1.29 is 14.7 Å². The number of nitrogens with zero attached hydrogens (tertiary/aromatic N) is 1. The molecule has 2 fully saturated rings. The van der Waals surface area contributed by atoms with Crippen LogP contribution in [0.1, 0.15) is 19.8 Å². The third-order valence-corrected chi connectivity index (χ3v) is 3.33. The third-order valence-electron chi connectivity index (χ3n) is 3.33. The Balaban J connectivity index is 2.12. The van der Waals surface area contributed by atoms with Crippen LogP contribution in [0, 0.1) is 0 Å². The van der Waals surface area contributed by atoms with Crippen molar-refractivity contribution in [1.29, 1.82) is 0 Å². The highest BCUT2D eigenvalue weighted by Gasteiger charge is 2.35. The number of carboxylic acid groups (broad SMARTS) is 1. The predicted molar refractivity (Wildman–Crippen MR) is 57.9 cm³/mol. The highest BCUT2D eigenvalue weighted by Crippen LogP contribution is 2.21. The maximum absolute atomic E-state index is 12.1. The van der Waals surface area contributed by atoms with Crippen molar-refractivity contribution in [3.8, 4) is 0 Å².